The molecule has 3 heteroatoms. The van der Waals surface area contributed by atoms with Gasteiger partial charge in [-0.2, -0.15) is 0 Å². The van der Waals surface area contributed by atoms with Crippen molar-refractivity contribution in [3.05, 3.63) is 58.6 Å². The van der Waals surface area contributed by atoms with E-state index >= 15 is 0 Å². The molecule has 0 spiro atoms. The number of benzene rings is 2. The molecular weight excluding hydrogens is 326 g/mol. The van der Waals surface area contributed by atoms with E-state index in [1.807, 2.05) is 24.3 Å². The third-order valence-corrected chi connectivity index (χ3v) is 3.74. The van der Waals surface area contributed by atoms with Gasteiger partial charge in [-0.3, -0.25) is 0 Å². The zero-order chi connectivity index (χ0) is 15.3. The van der Waals surface area contributed by atoms with Crippen molar-refractivity contribution < 1.29 is 4.74 Å². The Morgan fingerprint density at radius 2 is 1.76 bits per heavy atom. The van der Waals surface area contributed by atoms with E-state index in [1.54, 1.807) is 0 Å². The average molecular weight is 348 g/mol. The molecule has 1 N–H and O–H groups in total. The minimum absolute atomic E-state index is 0.197. The third-order valence-electron chi connectivity index (χ3n) is 3.25. The van der Waals surface area contributed by atoms with Gasteiger partial charge in [0, 0.05) is 16.7 Å². The van der Waals surface area contributed by atoms with E-state index < -0.39 is 0 Å². The van der Waals surface area contributed by atoms with Gasteiger partial charge in [-0.25, -0.2) is 0 Å². The van der Waals surface area contributed by atoms with E-state index in [0.717, 1.165) is 22.5 Å². The molecule has 0 saturated carbocycles. The molecular formula is C18H22BrNO. The molecule has 0 bridgehead atoms. The van der Waals surface area contributed by atoms with E-state index in [4.69, 9.17) is 4.74 Å². The standard InChI is InChI=1S/C18H22BrNO/c1-18(2,3)14-7-9-16(10-8-14)20-11-12-21-17-6-4-5-15(19)13-17/h4-10,13,20H,11-12H2,1-3H3. The molecule has 0 aliphatic heterocycles. The Hall–Kier alpha value is -1.48. The normalized spacial score (nSPS) is 11.2. The zero-order valence-corrected chi connectivity index (χ0v) is 14.4. The van der Waals surface area contributed by atoms with Gasteiger partial charge < -0.3 is 10.1 Å². The highest BCUT2D eigenvalue weighted by molar-refractivity contribution is 9.10. The smallest absolute Gasteiger partial charge is 0.120 e. The predicted molar refractivity (Wildman–Crippen MR) is 93.3 cm³/mol. The third kappa shape index (κ3) is 5.09. The summed E-state index contributed by atoms with van der Waals surface area (Å²) in [4.78, 5) is 0. The van der Waals surface area contributed by atoms with Crippen LogP contribution in [0.15, 0.2) is 53.0 Å². The molecule has 21 heavy (non-hydrogen) atoms. The first kappa shape index (κ1) is 15.9. The van der Waals surface area contributed by atoms with Crippen LogP contribution in [0.3, 0.4) is 0 Å². The molecule has 2 aromatic rings. The summed E-state index contributed by atoms with van der Waals surface area (Å²) in [6, 6.07) is 16.5. The van der Waals surface area contributed by atoms with Gasteiger partial charge in [0.25, 0.3) is 0 Å². The van der Waals surface area contributed by atoms with Gasteiger partial charge in [-0.05, 0) is 41.3 Å². The molecule has 0 aromatic heterocycles. The Bertz CT molecular complexity index is 573. The number of nitrogens with one attached hydrogen (secondary N) is 1. The lowest BCUT2D eigenvalue weighted by molar-refractivity contribution is 0.332. The quantitative estimate of drug-likeness (QED) is 0.747. The molecule has 0 radical (unpaired) electrons. The first-order valence-electron chi connectivity index (χ1n) is 7.18. The molecule has 0 atom stereocenters. The summed E-state index contributed by atoms with van der Waals surface area (Å²) < 4.78 is 6.73. The SMILES string of the molecule is CC(C)(C)c1ccc(NCCOc2cccc(Br)c2)cc1. The van der Waals surface area contributed by atoms with Crippen molar-refractivity contribution in [1.82, 2.24) is 0 Å². The number of hydrogen-bond donors (Lipinski definition) is 1. The lowest BCUT2D eigenvalue weighted by Crippen LogP contribution is -2.13. The topological polar surface area (TPSA) is 21.3 Å². The largest absolute Gasteiger partial charge is 0.492 e. The zero-order valence-electron chi connectivity index (χ0n) is 12.8. The van der Waals surface area contributed by atoms with Crippen molar-refractivity contribution in [3.8, 4) is 5.75 Å². The van der Waals surface area contributed by atoms with Crippen LogP contribution >= 0.6 is 15.9 Å². The molecule has 2 aromatic carbocycles. The van der Waals surface area contributed by atoms with Crippen molar-refractivity contribution in [3.63, 3.8) is 0 Å². The highest BCUT2D eigenvalue weighted by Gasteiger charge is 2.12. The van der Waals surface area contributed by atoms with Crippen LogP contribution in [0.1, 0.15) is 26.3 Å². The van der Waals surface area contributed by atoms with Crippen molar-refractivity contribution in [2.24, 2.45) is 0 Å². The summed E-state index contributed by atoms with van der Waals surface area (Å²) in [6.45, 7) is 8.09. The molecule has 2 nitrogen and oxygen atoms in total. The van der Waals surface area contributed by atoms with E-state index in [1.165, 1.54) is 5.56 Å². The van der Waals surface area contributed by atoms with Gasteiger partial charge in [-0.15, -0.1) is 0 Å². The summed E-state index contributed by atoms with van der Waals surface area (Å²) in [6.07, 6.45) is 0. The second-order valence-electron chi connectivity index (χ2n) is 6.06. The van der Waals surface area contributed by atoms with E-state index in [9.17, 15) is 0 Å². The van der Waals surface area contributed by atoms with Gasteiger partial charge in [0.05, 0.1) is 0 Å². The molecule has 0 aliphatic rings. The van der Waals surface area contributed by atoms with Crippen molar-refractivity contribution in [2.75, 3.05) is 18.5 Å². The molecule has 112 valence electrons. The number of ether oxygens (including phenoxy) is 1. The van der Waals surface area contributed by atoms with Crippen LogP contribution in [-0.4, -0.2) is 13.2 Å². The second kappa shape index (κ2) is 6.99. The van der Waals surface area contributed by atoms with Crippen molar-refractivity contribution in [2.45, 2.75) is 26.2 Å². The van der Waals surface area contributed by atoms with E-state index in [-0.39, 0.29) is 5.41 Å². The first-order chi connectivity index (χ1) is 9.95. The van der Waals surface area contributed by atoms with Crippen LogP contribution in [-0.2, 0) is 5.41 Å². The molecule has 0 aliphatic carbocycles. The minimum atomic E-state index is 0.197. The summed E-state index contributed by atoms with van der Waals surface area (Å²) >= 11 is 3.43. The predicted octanol–water partition coefficient (Wildman–Crippen LogP) is 5.24. The lowest BCUT2D eigenvalue weighted by atomic mass is 9.87. The molecule has 0 unspecified atom stereocenters. The van der Waals surface area contributed by atoms with Gasteiger partial charge in [-0.1, -0.05) is 54.9 Å². The Balaban J connectivity index is 1.79. The summed E-state index contributed by atoms with van der Waals surface area (Å²) in [5.74, 6) is 0.884. The van der Waals surface area contributed by atoms with Crippen molar-refractivity contribution >= 4 is 21.6 Å². The monoisotopic (exact) mass is 347 g/mol. The molecule has 0 fully saturated rings. The Morgan fingerprint density at radius 3 is 2.38 bits per heavy atom. The average Bonchev–Trinajstić information content (AvgIpc) is 2.43. The Morgan fingerprint density at radius 1 is 1.05 bits per heavy atom. The first-order valence-corrected chi connectivity index (χ1v) is 7.97. The van der Waals surface area contributed by atoms with Crippen LogP contribution in [0, 0.1) is 0 Å². The van der Waals surface area contributed by atoms with Crippen LogP contribution in [0.2, 0.25) is 0 Å². The van der Waals surface area contributed by atoms with E-state index in [0.29, 0.717) is 6.61 Å². The summed E-state index contributed by atoms with van der Waals surface area (Å²) in [5.41, 5.74) is 2.67. The fourth-order valence-corrected chi connectivity index (χ4v) is 2.39. The van der Waals surface area contributed by atoms with Crippen LogP contribution in [0.5, 0.6) is 5.75 Å². The lowest BCUT2D eigenvalue weighted by Gasteiger charge is -2.19. The molecule has 0 amide bonds. The maximum Gasteiger partial charge on any atom is 0.120 e. The van der Waals surface area contributed by atoms with Gasteiger partial charge >= 0.3 is 0 Å². The maximum atomic E-state index is 5.69. The molecule has 0 saturated heterocycles. The fraction of sp³-hybridized carbons (Fsp3) is 0.333. The van der Waals surface area contributed by atoms with E-state index in [2.05, 4.69) is 66.3 Å². The summed E-state index contributed by atoms with van der Waals surface area (Å²) in [7, 11) is 0. The number of rotatable bonds is 5. The fourth-order valence-electron chi connectivity index (χ4n) is 2.01. The second-order valence-corrected chi connectivity index (χ2v) is 6.98. The van der Waals surface area contributed by atoms with Gasteiger partial charge in [0.2, 0.25) is 0 Å². The minimum Gasteiger partial charge on any atom is -0.492 e. The van der Waals surface area contributed by atoms with Crippen LogP contribution < -0.4 is 10.1 Å². The molecule has 0 heterocycles. The number of halogens is 1. The highest BCUT2D eigenvalue weighted by Crippen LogP contribution is 2.23. The Labute approximate surface area is 135 Å². The highest BCUT2D eigenvalue weighted by atomic mass is 79.9. The number of hydrogen-bond acceptors (Lipinski definition) is 2. The van der Waals surface area contributed by atoms with Gasteiger partial charge in [0.1, 0.15) is 12.4 Å². The van der Waals surface area contributed by atoms with Crippen LogP contribution in [0.25, 0.3) is 0 Å². The molecule has 2 rings (SSSR count). The van der Waals surface area contributed by atoms with Gasteiger partial charge in [0.15, 0.2) is 0 Å². The maximum absolute atomic E-state index is 5.69. The number of anilines is 1. The van der Waals surface area contributed by atoms with Crippen LogP contribution in [0.4, 0.5) is 5.69 Å². The summed E-state index contributed by atoms with van der Waals surface area (Å²) in [5, 5.41) is 3.37. The Kier molecular flexibility index (Phi) is 5.29. The van der Waals surface area contributed by atoms with Crippen molar-refractivity contribution in [1.29, 1.82) is 0 Å².